The number of benzene rings is 1. The highest BCUT2D eigenvalue weighted by atomic mass is 19.4. The monoisotopic (exact) mass is 405 g/mol. The number of fused-ring (bicyclic) bond motifs is 1. The maximum Gasteiger partial charge on any atom is 0.573 e. The zero-order chi connectivity index (χ0) is 20.5. The Kier molecular flexibility index (Phi) is 4.61. The van der Waals surface area contributed by atoms with Crippen molar-refractivity contribution in [2.45, 2.75) is 18.3 Å². The molecule has 1 unspecified atom stereocenters. The Balaban J connectivity index is 1.77. The molecule has 2 aromatic heterocycles. The van der Waals surface area contributed by atoms with Gasteiger partial charge in [-0.25, -0.2) is 4.98 Å². The minimum atomic E-state index is -4.80. The van der Waals surface area contributed by atoms with Gasteiger partial charge in [0.1, 0.15) is 29.0 Å². The van der Waals surface area contributed by atoms with Crippen molar-refractivity contribution in [2.75, 3.05) is 6.61 Å². The summed E-state index contributed by atoms with van der Waals surface area (Å²) in [6.07, 6.45) is -0.623. The fourth-order valence-corrected chi connectivity index (χ4v) is 3.26. The van der Waals surface area contributed by atoms with Crippen LogP contribution in [-0.2, 0) is 5.54 Å². The van der Waals surface area contributed by atoms with Crippen LogP contribution >= 0.6 is 0 Å². The van der Waals surface area contributed by atoms with Gasteiger partial charge in [0.15, 0.2) is 12.1 Å². The van der Waals surface area contributed by atoms with Crippen LogP contribution in [0.2, 0.25) is 0 Å². The minimum absolute atomic E-state index is 0.0605. The molecular formula is C19H14F3N3O4. The number of nitrogens with zero attached hydrogens (tertiary/aromatic N) is 2. The molecule has 0 aliphatic carbocycles. The smallest absolute Gasteiger partial charge is 0.491 e. The fourth-order valence-electron chi connectivity index (χ4n) is 3.26. The van der Waals surface area contributed by atoms with Gasteiger partial charge in [-0.3, -0.25) is 9.78 Å². The Bertz CT molecular complexity index is 1010. The van der Waals surface area contributed by atoms with Crippen LogP contribution in [0, 0.1) is 0 Å². The molecule has 0 radical (unpaired) electrons. The SMILES string of the molecule is O=C(NC1(c2ccc(OC(F)(F)F)cc2)CCOc2cccnc21)c1cocn1. The number of carbonyl (C=O) groups excluding carboxylic acids is 1. The lowest BCUT2D eigenvalue weighted by Gasteiger charge is -2.38. The number of hydrogen-bond acceptors (Lipinski definition) is 6. The highest BCUT2D eigenvalue weighted by molar-refractivity contribution is 5.93. The lowest BCUT2D eigenvalue weighted by molar-refractivity contribution is -0.274. The van der Waals surface area contributed by atoms with E-state index in [1.807, 2.05) is 0 Å². The van der Waals surface area contributed by atoms with E-state index < -0.39 is 17.8 Å². The average molecular weight is 405 g/mol. The average Bonchev–Trinajstić information content (AvgIpc) is 3.22. The highest BCUT2D eigenvalue weighted by Crippen LogP contribution is 2.41. The molecular weight excluding hydrogens is 391 g/mol. The van der Waals surface area contributed by atoms with E-state index in [0.717, 1.165) is 6.39 Å². The predicted octanol–water partition coefficient (Wildman–Crippen LogP) is 3.42. The van der Waals surface area contributed by atoms with E-state index >= 15 is 0 Å². The molecule has 0 bridgehead atoms. The molecule has 7 nitrogen and oxygen atoms in total. The van der Waals surface area contributed by atoms with E-state index in [1.165, 1.54) is 30.5 Å². The van der Waals surface area contributed by atoms with Gasteiger partial charge < -0.3 is 19.2 Å². The number of hydrogen-bond donors (Lipinski definition) is 1. The molecule has 29 heavy (non-hydrogen) atoms. The van der Waals surface area contributed by atoms with Gasteiger partial charge in [-0.2, -0.15) is 0 Å². The zero-order valence-corrected chi connectivity index (χ0v) is 14.8. The lowest BCUT2D eigenvalue weighted by atomic mass is 9.81. The summed E-state index contributed by atoms with van der Waals surface area (Å²) in [5, 5.41) is 2.91. The number of nitrogens with one attached hydrogen (secondary N) is 1. The third-order valence-corrected chi connectivity index (χ3v) is 4.48. The molecule has 10 heteroatoms. The van der Waals surface area contributed by atoms with E-state index in [1.54, 1.807) is 18.3 Å². The topological polar surface area (TPSA) is 86.5 Å². The van der Waals surface area contributed by atoms with Crippen molar-refractivity contribution in [3.05, 3.63) is 72.2 Å². The molecule has 0 saturated heterocycles. The van der Waals surface area contributed by atoms with Gasteiger partial charge in [0.25, 0.3) is 5.91 Å². The number of alkyl halides is 3. The highest BCUT2D eigenvalue weighted by Gasteiger charge is 2.43. The minimum Gasteiger partial charge on any atom is -0.491 e. The predicted molar refractivity (Wildman–Crippen MR) is 92.2 cm³/mol. The van der Waals surface area contributed by atoms with Gasteiger partial charge in [-0.05, 0) is 29.8 Å². The van der Waals surface area contributed by atoms with Crippen LogP contribution in [0.3, 0.4) is 0 Å². The van der Waals surface area contributed by atoms with Crippen LogP contribution in [0.15, 0.2) is 59.7 Å². The Morgan fingerprint density at radius 3 is 2.66 bits per heavy atom. The van der Waals surface area contributed by atoms with Gasteiger partial charge in [0, 0.05) is 12.6 Å². The van der Waals surface area contributed by atoms with E-state index in [4.69, 9.17) is 9.15 Å². The molecule has 150 valence electrons. The Morgan fingerprint density at radius 1 is 1.17 bits per heavy atom. The molecule has 1 aromatic carbocycles. The van der Waals surface area contributed by atoms with Crippen molar-refractivity contribution < 1.29 is 31.9 Å². The van der Waals surface area contributed by atoms with Crippen molar-refractivity contribution in [3.8, 4) is 11.5 Å². The molecule has 0 spiro atoms. The number of rotatable bonds is 4. The second-order valence-corrected chi connectivity index (χ2v) is 6.25. The standard InChI is InChI=1S/C19H14F3N3O4/c20-19(21,22)29-13-5-3-12(4-6-13)18(25-17(26)14-10-27-11-24-14)7-9-28-15-2-1-8-23-16(15)18/h1-6,8,10-11H,7,9H2,(H,25,26). The fraction of sp³-hybridized carbons (Fsp3) is 0.211. The lowest BCUT2D eigenvalue weighted by Crippen LogP contribution is -2.50. The summed E-state index contributed by atoms with van der Waals surface area (Å²) in [5.74, 6) is -0.421. The third-order valence-electron chi connectivity index (χ3n) is 4.48. The first-order chi connectivity index (χ1) is 13.9. The Labute approximate surface area is 162 Å². The second kappa shape index (κ2) is 7.12. The van der Waals surface area contributed by atoms with Crippen LogP contribution in [0.25, 0.3) is 0 Å². The van der Waals surface area contributed by atoms with Crippen molar-refractivity contribution in [1.82, 2.24) is 15.3 Å². The van der Waals surface area contributed by atoms with Crippen molar-refractivity contribution >= 4 is 5.91 Å². The summed E-state index contributed by atoms with van der Waals surface area (Å²) < 4.78 is 51.9. The van der Waals surface area contributed by atoms with Crippen molar-refractivity contribution in [3.63, 3.8) is 0 Å². The number of halogens is 3. The first kappa shape index (κ1) is 18.8. The molecule has 1 N–H and O–H groups in total. The number of amides is 1. The molecule has 1 atom stereocenters. The molecule has 4 rings (SSSR count). The summed E-state index contributed by atoms with van der Waals surface area (Å²) >= 11 is 0. The van der Waals surface area contributed by atoms with Crippen LogP contribution in [0.4, 0.5) is 13.2 Å². The number of oxazole rings is 1. The molecule has 0 saturated carbocycles. The summed E-state index contributed by atoms with van der Waals surface area (Å²) in [5.41, 5.74) is -0.119. The third kappa shape index (κ3) is 3.73. The van der Waals surface area contributed by atoms with Gasteiger partial charge in [0.05, 0.1) is 6.61 Å². The molecule has 3 aromatic rings. The van der Waals surface area contributed by atoms with Crippen LogP contribution in [-0.4, -0.2) is 28.8 Å². The van der Waals surface area contributed by atoms with E-state index in [0.29, 0.717) is 23.4 Å². The molecule has 0 fully saturated rings. The number of pyridine rings is 1. The number of aromatic nitrogens is 2. The molecule has 1 aliphatic rings. The van der Waals surface area contributed by atoms with E-state index in [9.17, 15) is 18.0 Å². The van der Waals surface area contributed by atoms with Gasteiger partial charge >= 0.3 is 6.36 Å². The molecule has 1 aliphatic heterocycles. The first-order valence-electron chi connectivity index (χ1n) is 8.53. The Morgan fingerprint density at radius 2 is 1.97 bits per heavy atom. The molecule has 1 amide bonds. The van der Waals surface area contributed by atoms with Crippen molar-refractivity contribution in [2.24, 2.45) is 0 Å². The van der Waals surface area contributed by atoms with Crippen LogP contribution in [0.1, 0.15) is 28.2 Å². The maximum absolute atomic E-state index is 12.7. The number of ether oxygens (including phenoxy) is 2. The summed E-state index contributed by atoms with van der Waals surface area (Å²) in [4.78, 5) is 21.0. The normalized spacial score (nSPS) is 18.4. The van der Waals surface area contributed by atoms with Gasteiger partial charge in [-0.15, -0.1) is 13.2 Å². The quantitative estimate of drug-likeness (QED) is 0.716. The summed E-state index contributed by atoms with van der Waals surface area (Å²) in [6, 6.07) is 8.67. The summed E-state index contributed by atoms with van der Waals surface area (Å²) in [6.45, 7) is 0.262. The van der Waals surface area contributed by atoms with Crippen LogP contribution < -0.4 is 14.8 Å². The summed E-state index contributed by atoms with van der Waals surface area (Å²) in [7, 11) is 0. The first-order valence-corrected chi connectivity index (χ1v) is 8.53. The largest absolute Gasteiger partial charge is 0.573 e. The van der Waals surface area contributed by atoms with Crippen molar-refractivity contribution in [1.29, 1.82) is 0 Å². The van der Waals surface area contributed by atoms with E-state index in [-0.39, 0.29) is 18.1 Å². The zero-order valence-electron chi connectivity index (χ0n) is 14.8. The molecule has 3 heterocycles. The van der Waals surface area contributed by atoms with Crippen LogP contribution in [0.5, 0.6) is 11.5 Å². The van der Waals surface area contributed by atoms with Gasteiger partial charge in [-0.1, -0.05) is 12.1 Å². The Hall–Kier alpha value is -3.56. The van der Waals surface area contributed by atoms with E-state index in [2.05, 4.69) is 20.0 Å². The second-order valence-electron chi connectivity index (χ2n) is 6.25. The number of carbonyl (C=O) groups is 1. The maximum atomic E-state index is 12.7. The van der Waals surface area contributed by atoms with Gasteiger partial charge in [0.2, 0.25) is 0 Å².